The van der Waals surface area contributed by atoms with Crippen molar-refractivity contribution in [2.24, 2.45) is 5.84 Å². The molecule has 2 aromatic rings. The van der Waals surface area contributed by atoms with Gasteiger partial charge >= 0.3 is 0 Å². The molecule has 0 aliphatic rings. The second kappa shape index (κ2) is 6.17. The van der Waals surface area contributed by atoms with Crippen molar-refractivity contribution in [1.82, 2.24) is 5.43 Å². The highest BCUT2D eigenvalue weighted by Gasteiger charge is 2.19. The molecule has 1 atom stereocenters. The quantitative estimate of drug-likeness (QED) is 0.673. The van der Waals surface area contributed by atoms with Crippen LogP contribution >= 0.6 is 11.6 Å². The van der Waals surface area contributed by atoms with Gasteiger partial charge in [-0.15, -0.1) is 0 Å². The molecule has 0 heterocycles. The van der Waals surface area contributed by atoms with Gasteiger partial charge in [-0.3, -0.25) is 5.84 Å². The molecule has 3 nitrogen and oxygen atoms in total. The van der Waals surface area contributed by atoms with Gasteiger partial charge in [0.1, 0.15) is 17.4 Å². The van der Waals surface area contributed by atoms with Gasteiger partial charge in [0.15, 0.2) is 0 Å². The molecule has 0 spiro atoms. The lowest BCUT2D eigenvalue weighted by atomic mass is 9.98. The molecule has 6 heteroatoms. The summed E-state index contributed by atoms with van der Waals surface area (Å²) in [6.45, 7) is 0. The van der Waals surface area contributed by atoms with E-state index >= 15 is 0 Å². The lowest BCUT2D eigenvalue weighted by Crippen LogP contribution is -2.29. The molecule has 0 aliphatic carbocycles. The Balaban J connectivity index is 2.51. The van der Waals surface area contributed by atoms with Crippen molar-refractivity contribution >= 4 is 11.6 Å². The lowest BCUT2D eigenvalue weighted by Gasteiger charge is -2.20. The van der Waals surface area contributed by atoms with Crippen molar-refractivity contribution in [3.05, 3.63) is 64.2 Å². The SMILES string of the molecule is COc1ccc(F)cc1C(NN)c1ccc(F)c(Cl)c1. The van der Waals surface area contributed by atoms with Gasteiger partial charge in [0.05, 0.1) is 18.2 Å². The first-order chi connectivity index (χ1) is 9.56. The molecule has 2 aromatic carbocycles. The lowest BCUT2D eigenvalue weighted by molar-refractivity contribution is 0.402. The van der Waals surface area contributed by atoms with E-state index in [4.69, 9.17) is 22.2 Å². The second-order valence-electron chi connectivity index (χ2n) is 4.16. The van der Waals surface area contributed by atoms with Crippen molar-refractivity contribution < 1.29 is 13.5 Å². The predicted molar refractivity (Wildman–Crippen MR) is 73.5 cm³/mol. The molecule has 0 saturated carbocycles. The highest BCUT2D eigenvalue weighted by atomic mass is 35.5. The number of benzene rings is 2. The van der Waals surface area contributed by atoms with Gasteiger partial charge in [-0.1, -0.05) is 17.7 Å². The summed E-state index contributed by atoms with van der Waals surface area (Å²) in [5.41, 5.74) is 3.65. The number of hydrogen-bond acceptors (Lipinski definition) is 3. The normalized spacial score (nSPS) is 12.2. The van der Waals surface area contributed by atoms with Crippen molar-refractivity contribution in [3.63, 3.8) is 0 Å². The molecule has 0 aromatic heterocycles. The fourth-order valence-corrected chi connectivity index (χ4v) is 2.18. The van der Waals surface area contributed by atoms with Gasteiger partial charge < -0.3 is 4.74 Å². The molecule has 1 unspecified atom stereocenters. The maximum atomic E-state index is 13.4. The van der Waals surface area contributed by atoms with Gasteiger partial charge in [-0.25, -0.2) is 14.2 Å². The summed E-state index contributed by atoms with van der Waals surface area (Å²) in [5, 5.41) is -0.0295. The molecule has 0 fully saturated rings. The van der Waals surface area contributed by atoms with E-state index in [0.29, 0.717) is 16.9 Å². The second-order valence-corrected chi connectivity index (χ2v) is 4.57. The fraction of sp³-hybridized carbons (Fsp3) is 0.143. The Hall–Kier alpha value is -1.69. The third-order valence-electron chi connectivity index (χ3n) is 2.95. The summed E-state index contributed by atoms with van der Waals surface area (Å²) in [6.07, 6.45) is 0. The van der Waals surface area contributed by atoms with Crippen LogP contribution in [0.1, 0.15) is 17.2 Å². The van der Waals surface area contributed by atoms with E-state index in [9.17, 15) is 8.78 Å². The monoisotopic (exact) mass is 298 g/mol. The Morgan fingerprint density at radius 1 is 1.20 bits per heavy atom. The molecular formula is C14H13ClF2N2O. The summed E-state index contributed by atoms with van der Waals surface area (Å²) in [7, 11) is 1.47. The Morgan fingerprint density at radius 3 is 2.55 bits per heavy atom. The number of rotatable bonds is 4. The first kappa shape index (κ1) is 14.7. The van der Waals surface area contributed by atoms with E-state index in [-0.39, 0.29) is 5.02 Å². The minimum Gasteiger partial charge on any atom is -0.496 e. The zero-order valence-corrected chi connectivity index (χ0v) is 11.4. The summed E-state index contributed by atoms with van der Waals surface area (Å²) in [5.74, 6) is 5.05. The molecule has 106 valence electrons. The van der Waals surface area contributed by atoms with E-state index in [1.807, 2.05) is 0 Å². The van der Waals surface area contributed by atoms with Crippen LogP contribution in [0.3, 0.4) is 0 Å². The molecule has 2 rings (SSSR count). The first-order valence-electron chi connectivity index (χ1n) is 5.81. The molecule has 0 radical (unpaired) electrons. The van der Waals surface area contributed by atoms with Crippen LogP contribution in [0.4, 0.5) is 8.78 Å². The van der Waals surface area contributed by atoms with Crippen molar-refractivity contribution in [3.8, 4) is 5.75 Å². The largest absolute Gasteiger partial charge is 0.496 e. The Labute approximate surface area is 120 Å². The third kappa shape index (κ3) is 2.90. The number of hydrazine groups is 1. The first-order valence-corrected chi connectivity index (χ1v) is 6.19. The maximum absolute atomic E-state index is 13.4. The minimum absolute atomic E-state index is 0.0295. The van der Waals surface area contributed by atoms with Crippen LogP contribution in [0.2, 0.25) is 5.02 Å². The summed E-state index contributed by atoms with van der Waals surface area (Å²) < 4.78 is 31.8. The maximum Gasteiger partial charge on any atom is 0.141 e. The smallest absolute Gasteiger partial charge is 0.141 e. The number of nitrogens with two attached hydrogens (primary N) is 1. The van der Waals surface area contributed by atoms with Crippen molar-refractivity contribution in [2.75, 3.05) is 7.11 Å². The van der Waals surface area contributed by atoms with Crippen LogP contribution in [-0.2, 0) is 0 Å². The number of halogens is 3. The molecule has 20 heavy (non-hydrogen) atoms. The van der Waals surface area contributed by atoms with E-state index < -0.39 is 17.7 Å². The van der Waals surface area contributed by atoms with Crippen LogP contribution in [-0.4, -0.2) is 7.11 Å². The van der Waals surface area contributed by atoms with Crippen LogP contribution in [0, 0.1) is 11.6 Å². The van der Waals surface area contributed by atoms with Crippen LogP contribution < -0.4 is 16.0 Å². The van der Waals surface area contributed by atoms with Crippen LogP contribution in [0.5, 0.6) is 5.75 Å². The third-order valence-corrected chi connectivity index (χ3v) is 3.24. The molecule has 3 N–H and O–H groups in total. The van der Waals surface area contributed by atoms with Crippen molar-refractivity contribution in [2.45, 2.75) is 6.04 Å². The Kier molecular flexibility index (Phi) is 4.54. The van der Waals surface area contributed by atoms with Gasteiger partial charge in [-0.2, -0.15) is 0 Å². The summed E-state index contributed by atoms with van der Waals surface area (Å²) in [6, 6.07) is 7.71. The summed E-state index contributed by atoms with van der Waals surface area (Å²) in [4.78, 5) is 0. The predicted octanol–water partition coefficient (Wildman–Crippen LogP) is 3.18. The minimum atomic E-state index is -0.571. The molecule has 0 amide bonds. The Bertz CT molecular complexity index is 622. The van der Waals surface area contributed by atoms with E-state index in [1.165, 1.54) is 43.5 Å². The van der Waals surface area contributed by atoms with Gasteiger partial charge in [-0.05, 0) is 35.9 Å². The summed E-state index contributed by atoms with van der Waals surface area (Å²) >= 11 is 5.76. The van der Waals surface area contributed by atoms with Gasteiger partial charge in [0.2, 0.25) is 0 Å². The molecular weight excluding hydrogens is 286 g/mol. The van der Waals surface area contributed by atoms with Crippen molar-refractivity contribution in [1.29, 1.82) is 0 Å². The van der Waals surface area contributed by atoms with E-state index in [0.717, 1.165) is 0 Å². The van der Waals surface area contributed by atoms with E-state index in [1.54, 1.807) is 0 Å². The molecule has 0 aliphatic heterocycles. The zero-order valence-electron chi connectivity index (χ0n) is 10.7. The zero-order chi connectivity index (χ0) is 14.7. The topological polar surface area (TPSA) is 47.3 Å². The molecule has 0 bridgehead atoms. The Morgan fingerprint density at radius 2 is 1.95 bits per heavy atom. The number of nitrogens with one attached hydrogen (secondary N) is 1. The number of hydrogen-bond donors (Lipinski definition) is 2. The average Bonchev–Trinajstić information content (AvgIpc) is 2.44. The van der Waals surface area contributed by atoms with Gasteiger partial charge in [0, 0.05) is 5.56 Å². The number of methoxy groups -OCH3 is 1. The number of ether oxygens (including phenoxy) is 1. The fourth-order valence-electron chi connectivity index (χ4n) is 1.99. The average molecular weight is 299 g/mol. The van der Waals surface area contributed by atoms with Gasteiger partial charge in [0.25, 0.3) is 0 Å². The highest BCUT2D eigenvalue weighted by molar-refractivity contribution is 6.30. The van der Waals surface area contributed by atoms with Crippen LogP contribution in [0.15, 0.2) is 36.4 Å². The standard InChI is InChI=1S/C14H13ClF2N2O/c1-20-13-5-3-9(16)7-10(13)14(19-18)8-2-4-12(17)11(15)6-8/h2-7,14,19H,18H2,1H3. The van der Waals surface area contributed by atoms with Crippen LogP contribution in [0.25, 0.3) is 0 Å². The van der Waals surface area contributed by atoms with E-state index in [2.05, 4.69) is 5.43 Å². The highest BCUT2D eigenvalue weighted by Crippen LogP contribution is 2.31. The molecule has 0 saturated heterocycles.